The molecule has 0 aliphatic heterocycles. The van der Waals surface area contributed by atoms with Gasteiger partial charge in [-0.25, -0.2) is 9.78 Å². The van der Waals surface area contributed by atoms with Crippen molar-refractivity contribution in [2.45, 2.75) is 0 Å². The van der Waals surface area contributed by atoms with Gasteiger partial charge in [-0.1, -0.05) is 66.2 Å². The van der Waals surface area contributed by atoms with Crippen LogP contribution in [-0.2, 0) is 0 Å². The number of aromatic nitrogens is 1. The highest BCUT2D eigenvalue weighted by atomic mass is 35.5. The van der Waals surface area contributed by atoms with E-state index in [9.17, 15) is 9.59 Å². The van der Waals surface area contributed by atoms with Crippen LogP contribution in [0.25, 0.3) is 55.4 Å². The molecule has 7 heteroatoms. The largest absolute Gasteiger partial charge is 0.436 e. The van der Waals surface area contributed by atoms with E-state index in [1.165, 1.54) is 0 Å². The van der Waals surface area contributed by atoms with Crippen LogP contribution in [0.3, 0.4) is 0 Å². The lowest BCUT2D eigenvalue weighted by atomic mass is 10.0. The lowest BCUT2D eigenvalue weighted by molar-refractivity contribution is 0.102. The van der Waals surface area contributed by atoms with E-state index in [1.54, 1.807) is 54.6 Å². The monoisotopic (exact) mass is 542 g/mol. The fourth-order valence-corrected chi connectivity index (χ4v) is 5.08. The fourth-order valence-electron chi connectivity index (χ4n) is 4.85. The standard InChI is InChI=1S/C33H19ClN2O4/c34-27-9-4-6-23-24(27)7-3-8-25(23)32-36-28-18-22(15-16-30(28)39-32)35-31(37)20-13-11-19(12-14-20)26-17-21-5-1-2-10-29(21)40-33(26)38/h1-18H,(H,35,37). The number of oxazole rings is 1. The van der Waals surface area contributed by atoms with Gasteiger partial charge in [-0.05, 0) is 65.5 Å². The van der Waals surface area contributed by atoms with Crippen LogP contribution in [0, 0.1) is 0 Å². The summed E-state index contributed by atoms with van der Waals surface area (Å²) in [5.41, 5.74) is 4.29. The number of amides is 1. The average molecular weight is 543 g/mol. The van der Waals surface area contributed by atoms with Crippen LogP contribution in [0.4, 0.5) is 5.69 Å². The number of hydrogen-bond acceptors (Lipinski definition) is 5. The van der Waals surface area contributed by atoms with Crippen molar-refractivity contribution < 1.29 is 13.6 Å². The number of halogens is 1. The van der Waals surface area contributed by atoms with Gasteiger partial charge < -0.3 is 14.2 Å². The summed E-state index contributed by atoms with van der Waals surface area (Å²) in [4.78, 5) is 30.2. The second-order valence-electron chi connectivity index (χ2n) is 9.36. The maximum Gasteiger partial charge on any atom is 0.344 e. The van der Waals surface area contributed by atoms with Crippen molar-refractivity contribution in [3.05, 3.63) is 130 Å². The number of nitrogens with one attached hydrogen (secondary N) is 1. The van der Waals surface area contributed by atoms with E-state index in [2.05, 4.69) is 10.3 Å². The first-order chi connectivity index (χ1) is 19.5. The number of nitrogens with zero attached hydrogens (tertiary/aromatic N) is 1. The Balaban J connectivity index is 1.14. The van der Waals surface area contributed by atoms with Gasteiger partial charge in [-0.2, -0.15) is 0 Å². The van der Waals surface area contributed by atoms with E-state index in [0.717, 1.165) is 21.7 Å². The molecule has 0 spiro atoms. The van der Waals surface area contributed by atoms with Gasteiger partial charge >= 0.3 is 5.63 Å². The second kappa shape index (κ2) is 9.52. The van der Waals surface area contributed by atoms with Gasteiger partial charge in [0, 0.05) is 32.6 Å². The summed E-state index contributed by atoms with van der Waals surface area (Å²) in [6.45, 7) is 0. The third-order valence-electron chi connectivity index (χ3n) is 6.84. The minimum atomic E-state index is -0.428. The van der Waals surface area contributed by atoms with Crippen molar-refractivity contribution >= 4 is 56.0 Å². The Labute approximate surface area is 232 Å². The summed E-state index contributed by atoms with van der Waals surface area (Å²) in [6.07, 6.45) is 0. The summed E-state index contributed by atoms with van der Waals surface area (Å²) in [5.74, 6) is 0.184. The minimum absolute atomic E-state index is 0.288. The van der Waals surface area contributed by atoms with Gasteiger partial charge in [-0.3, -0.25) is 4.79 Å². The summed E-state index contributed by atoms with van der Waals surface area (Å²) >= 11 is 6.37. The van der Waals surface area contributed by atoms with Crippen LogP contribution in [0.1, 0.15) is 10.4 Å². The predicted octanol–water partition coefficient (Wildman–Crippen LogP) is 8.33. The highest BCUT2D eigenvalue weighted by molar-refractivity contribution is 6.35. The van der Waals surface area contributed by atoms with Crippen LogP contribution < -0.4 is 10.9 Å². The van der Waals surface area contributed by atoms with E-state index in [1.807, 2.05) is 54.6 Å². The van der Waals surface area contributed by atoms with Crippen molar-refractivity contribution in [2.75, 3.05) is 5.32 Å². The molecule has 0 unspecified atom stereocenters. The van der Waals surface area contributed by atoms with E-state index in [4.69, 9.17) is 20.4 Å². The number of carbonyl (C=O) groups excluding carboxylic acids is 1. The normalized spacial score (nSPS) is 11.3. The Kier molecular flexibility index (Phi) is 5.68. The molecule has 0 bridgehead atoms. The molecule has 192 valence electrons. The van der Waals surface area contributed by atoms with Gasteiger partial charge in [0.05, 0.1) is 5.56 Å². The Morgan fingerprint density at radius 1 is 0.725 bits per heavy atom. The molecule has 0 aliphatic carbocycles. The zero-order valence-electron chi connectivity index (χ0n) is 20.9. The molecule has 1 N–H and O–H groups in total. The fraction of sp³-hybridized carbons (Fsp3) is 0. The second-order valence-corrected chi connectivity index (χ2v) is 9.77. The Hall–Kier alpha value is -5.20. The number of fused-ring (bicyclic) bond motifs is 3. The predicted molar refractivity (Wildman–Crippen MR) is 158 cm³/mol. The molecule has 40 heavy (non-hydrogen) atoms. The van der Waals surface area contributed by atoms with E-state index in [0.29, 0.717) is 50.0 Å². The van der Waals surface area contributed by atoms with Crippen LogP contribution in [-0.4, -0.2) is 10.9 Å². The lowest BCUT2D eigenvalue weighted by Crippen LogP contribution is -2.11. The lowest BCUT2D eigenvalue weighted by Gasteiger charge is -2.07. The topological polar surface area (TPSA) is 85.3 Å². The Morgan fingerprint density at radius 2 is 1.52 bits per heavy atom. The Bertz CT molecular complexity index is 2150. The molecular formula is C33H19ClN2O4. The van der Waals surface area contributed by atoms with E-state index >= 15 is 0 Å². The zero-order valence-corrected chi connectivity index (χ0v) is 21.6. The maximum absolute atomic E-state index is 13.0. The van der Waals surface area contributed by atoms with Gasteiger partial charge in [-0.15, -0.1) is 0 Å². The van der Waals surface area contributed by atoms with Crippen molar-refractivity contribution in [1.82, 2.24) is 4.98 Å². The number of para-hydroxylation sites is 1. The third-order valence-corrected chi connectivity index (χ3v) is 7.17. The summed E-state index contributed by atoms with van der Waals surface area (Å²) in [5, 5.41) is 6.27. The molecule has 0 saturated carbocycles. The van der Waals surface area contributed by atoms with Crippen molar-refractivity contribution in [3.8, 4) is 22.6 Å². The number of benzene rings is 5. The molecule has 0 fully saturated rings. The molecular weight excluding hydrogens is 524 g/mol. The molecule has 7 aromatic rings. The molecule has 0 aliphatic rings. The molecule has 0 atom stereocenters. The van der Waals surface area contributed by atoms with E-state index in [-0.39, 0.29) is 5.91 Å². The molecule has 2 aromatic heterocycles. The smallest absolute Gasteiger partial charge is 0.344 e. The van der Waals surface area contributed by atoms with Gasteiger partial charge in [0.1, 0.15) is 11.1 Å². The van der Waals surface area contributed by atoms with Gasteiger partial charge in [0.15, 0.2) is 5.58 Å². The SMILES string of the molecule is O=C(Nc1ccc2oc(-c3cccc4c(Cl)cccc34)nc2c1)c1ccc(-c2cc3ccccc3oc2=O)cc1. The average Bonchev–Trinajstić information content (AvgIpc) is 3.40. The van der Waals surface area contributed by atoms with Crippen LogP contribution >= 0.6 is 11.6 Å². The molecule has 2 heterocycles. The molecule has 7 rings (SSSR count). The van der Waals surface area contributed by atoms with Crippen LogP contribution in [0.5, 0.6) is 0 Å². The van der Waals surface area contributed by atoms with E-state index < -0.39 is 5.63 Å². The summed E-state index contributed by atoms with van der Waals surface area (Å²) in [7, 11) is 0. The number of carbonyl (C=O) groups is 1. The molecule has 0 radical (unpaired) electrons. The molecule has 6 nitrogen and oxygen atoms in total. The van der Waals surface area contributed by atoms with Crippen molar-refractivity contribution in [3.63, 3.8) is 0 Å². The highest BCUT2D eigenvalue weighted by Crippen LogP contribution is 2.34. The number of anilines is 1. The highest BCUT2D eigenvalue weighted by Gasteiger charge is 2.14. The molecule has 5 aromatic carbocycles. The minimum Gasteiger partial charge on any atom is -0.436 e. The van der Waals surface area contributed by atoms with Gasteiger partial charge in [0.2, 0.25) is 5.89 Å². The van der Waals surface area contributed by atoms with Gasteiger partial charge in [0.25, 0.3) is 5.91 Å². The first kappa shape index (κ1) is 23.9. The number of hydrogen-bond donors (Lipinski definition) is 1. The summed E-state index contributed by atoms with van der Waals surface area (Å²) in [6, 6.07) is 32.8. The maximum atomic E-state index is 13.0. The zero-order chi connectivity index (χ0) is 27.2. The Morgan fingerprint density at radius 3 is 2.40 bits per heavy atom. The third kappa shape index (κ3) is 4.21. The number of rotatable bonds is 4. The van der Waals surface area contributed by atoms with Crippen LogP contribution in [0.15, 0.2) is 123 Å². The van der Waals surface area contributed by atoms with Crippen molar-refractivity contribution in [1.29, 1.82) is 0 Å². The quantitative estimate of drug-likeness (QED) is 0.226. The van der Waals surface area contributed by atoms with Crippen LogP contribution in [0.2, 0.25) is 5.02 Å². The molecule has 0 saturated heterocycles. The summed E-state index contributed by atoms with van der Waals surface area (Å²) < 4.78 is 11.5. The first-order valence-electron chi connectivity index (χ1n) is 12.6. The van der Waals surface area contributed by atoms with Crippen molar-refractivity contribution in [2.24, 2.45) is 0 Å². The first-order valence-corrected chi connectivity index (χ1v) is 12.9. The molecule has 1 amide bonds.